The van der Waals surface area contributed by atoms with Crippen LogP contribution in [0, 0.1) is 0 Å². The van der Waals surface area contributed by atoms with Gasteiger partial charge < -0.3 is 10.4 Å². The Hall–Kier alpha value is -1.56. The molecule has 1 amide bonds. The van der Waals surface area contributed by atoms with Gasteiger partial charge in [0.15, 0.2) is 6.10 Å². The lowest BCUT2D eigenvalue weighted by Crippen LogP contribution is -2.20. The van der Waals surface area contributed by atoms with Crippen molar-refractivity contribution in [2.24, 2.45) is 0 Å². The lowest BCUT2D eigenvalue weighted by atomic mass is 10.1. The van der Waals surface area contributed by atoms with Gasteiger partial charge in [-0.25, -0.2) is 0 Å². The molecule has 0 aliphatic carbocycles. The fraction of sp³-hybridized carbons (Fsp3) is 0.286. The van der Waals surface area contributed by atoms with Crippen LogP contribution < -0.4 is 5.32 Å². The van der Waals surface area contributed by atoms with E-state index in [1.54, 1.807) is 10.9 Å². The minimum Gasteiger partial charge on any atom is -0.378 e. The minimum atomic E-state index is -1.36. The highest BCUT2D eigenvalue weighted by Crippen LogP contribution is 2.24. The molecule has 0 saturated heterocycles. The number of aromatic nitrogens is 2. The van der Waals surface area contributed by atoms with Gasteiger partial charge in [0, 0.05) is 22.3 Å². The molecule has 7 heteroatoms. The number of carbonyl (C=O) groups is 1. The molecule has 0 aliphatic rings. The van der Waals surface area contributed by atoms with Crippen LogP contribution in [0.3, 0.4) is 0 Å². The molecule has 0 saturated carbocycles. The van der Waals surface area contributed by atoms with Crippen molar-refractivity contribution in [2.45, 2.75) is 26.0 Å². The summed E-state index contributed by atoms with van der Waals surface area (Å²) < 4.78 is 1.71. The van der Waals surface area contributed by atoms with Crippen LogP contribution in [0.5, 0.6) is 0 Å². The molecule has 0 spiro atoms. The summed E-state index contributed by atoms with van der Waals surface area (Å²) in [6.07, 6.45) is 1.86. The van der Waals surface area contributed by atoms with Crippen LogP contribution in [0.4, 0.5) is 5.69 Å². The Morgan fingerprint density at radius 1 is 1.29 bits per heavy atom. The van der Waals surface area contributed by atoms with Crippen LogP contribution >= 0.6 is 23.2 Å². The average molecular weight is 328 g/mol. The first kappa shape index (κ1) is 15.8. The zero-order valence-electron chi connectivity index (χ0n) is 11.5. The molecule has 1 heterocycles. The Labute approximate surface area is 132 Å². The third-order valence-electron chi connectivity index (χ3n) is 2.85. The normalized spacial score (nSPS) is 12.5. The first-order valence-corrected chi connectivity index (χ1v) is 7.11. The summed E-state index contributed by atoms with van der Waals surface area (Å²) in [4.78, 5) is 12.0. The molecule has 2 rings (SSSR count). The second-order valence-electron chi connectivity index (χ2n) is 4.90. The first-order chi connectivity index (χ1) is 9.86. The Balaban J connectivity index is 2.11. The summed E-state index contributed by atoms with van der Waals surface area (Å²) in [6.45, 7) is 3.95. The van der Waals surface area contributed by atoms with E-state index in [0.29, 0.717) is 21.3 Å². The van der Waals surface area contributed by atoms with E-state index in [2.05, 4.69) is 10.4 Å². The van der Waals surface area contributed by atoms with Crippen LogP contribution in [-0.2, 0) is 4.79 Å². The van der Waals surface area contributed by atoms with E-state index >= 15 is 0 Å². The van der Waals surface area contributed by atoms with E-state index < -0.39 is 12.0 Å². The summed E-state index contributed by atoms with van der Waals surface area (Å²) >= 11 is 11.7. The number of rotatable bonds is 4. The number of nitrogens with zero attached hydrogens (tertiary/aromatic N) is 2. The molecule has 0 radical (unpaired) electrons. The smallest absolute Gasteiger partial charge is 0.257 e. The van der Waals surface area contributed by atoms with E-state index in [1.165, 1.54) is 24.4 Å². The van der Waals surface area contributed by atoms with Crippen molar-refractivity contribution in [1.82, 2.24) is 9.78 Å². The number of amides is 1. The van der Waals surface area contributed by atoms with Gasteiger partial charge in [0.25, 0.3) is 5.91 Å². The number of hydrogen-bond acceptors (Lipinski definition) is 3. The number of benzene rings is 1. The zero-order chi connectivity index (χ0) is 15.6. The molecule has 1 unspecified atom stereocenters. The fourth-order valence-corrected chi connectivity index (χ4v) is 2.32. The molecular formula is C14H15Cl2N3O2. The number of hydrogen-bond donors (Lipinski definition) is 2. The maximum Gasteiger partial charge on any atom is 0.257 e. The Kier molecular flexibility index (Phi) is 4.88. The van der Waals surface area contributed by atoms with Crippen LogP contribution in [-0.4, -0.2) is 20.8 Å². The quantitative estimate of drug-likeness (QED) is 0.903. The minimum absolute atomic E-state index is 0.187. The SMILES string of the molecule is CC(C)n1cc(NC(=O)C(O)c2cc(Cl)cc(Cl)c2)cn1. The highest BCUT2D eigenvalue weighted by atomic mass is 35.5. The molecule has 112 valence electrons. The molecule has 21 heavy (non-hydrogen) atoms. The van der Waals surface area contributed by atoms with Crippen molar-refractivity contribution in [3.8, 4) is 0 Å². The van der Waals surface area contributed by atoms with Crippen molar-refractivity contribution in [2.75, 3.05) is 5.32 Å². The summed E-state index contributed by atoms with van der Waals surface area (Å²) in [5.74, 6) is -0.573. The van der Waals surface area contributed by atoms with E-state index in [-0.39, 0.29) is 6.04 Å². The first-order valence-electron chi connectivity index (χ1n) is 6.36. The summed E-state index contributed by atoms with van der Waals surface area (Å²) in [7, 11) is 0. The summed E-state index contributed by atoms with van der Waals surface area (Å²) in [5, 5.41) is 17.5. The predicted molar refractivity (Wildman–Crippen MR) is 82.7 cm³/mol. The summed E-state index contributed by atoms with van der Waals surface area (Å²) in [5.41, 5.74) is 0.849. The fourth-order valence-electron chi connectivity index (χ4n) is 1.78. The van der Waals surface area contributed by atoms with Gasteiger partial charge in [-0.05, 0) is 37.6 Å². The van der Waals surface area contributed by atoms with Crippen LogP contribution in [0.2, 0.25) is 10.0 Å². The second-order valence-corrected chi connectivity index (χ2v) is 5.77. The van der Waals surface area contributed by atoms with Gasteiger partial charge in [0.1, 0.15) is 0 Å². The number of nitrogens with one attached hydrogen (secondary N) is 1. The third-order valence-corrected chi connectivity index (χ3v) is 3.28. The highest BCUT2D eigenvalue weighted by Gasteiger charge is 2.19. The highest BCUT2D eigenvalue weighted by molar-refractivity contribution is 6.34. The van der Waals surface area contributed by atoms with Crippen molar-refractivity contribution in [3.63, 3.8) is 0 Å². The van der Waals surface area contributed by atoms with E-state index in [9.17, 15) is 9.90 Å². The monoisotopic (exact) mass is 327 g/mol. The largest absolute Gasteiger partial charge is 0.378 e. The number of anilines is 1. The maximum absolute atomic E-state index is 12.0. The Morgan fingerprint density at radius 3 is 2.43 bits per heavy atom. The molecule has 0 fully saturated rings. The van der Waals surface area contributed by atoms with Crippen molar-refractivity contribution < 1.29 is 9.90 Å². The van der Waals surface area contributed by atoms with Crippen molar-refractivity contribution in [3.05, 3.63) is 46.2 Å². The second kappa shape index (κ2) is 6.47. The average Bonchev–Trinajstić information content (AvgIpc) is 2.85. The van der Waals surface area contributed by atoms with Gasteiger partial charge in [0.2, 0.25) is 0 Å². The summed E-state index contributed by atoms with van der Waals surface area (Å²) in [6, 6.07) is 4.71. The van der Waals surface area contributed by atoms with Gasteiger partial charge in [-0.2, -0.15) is 5.10 Å². The van der Waals surface area contributed by atoms with Gasteiger partial charge in [-0.3, -0.25) is 9.48 Å². The molecule has 1 aromatic heterocycles. The Bertz CT molecular complexity index is 635. The molecule has 1 atom stereocenters. The molecule has 2 N–H and O–H groups in total. The number of carbonyl (C=O) groups excluding carboxylic acids is 1. The van der Waals surface area contributed by atoms with Crippen molar-refractivity contribution in [1.29, 1.82) is 0 Å². The zero-order valence-corrected chi connectivity index (χ0v) is 13.1. The maximum atomic E-state index is 12.0. The molecule has 0 bridgehead atoms. The molecule has 1 aromatic carbocycles. The van der Waals surface area contributed by atoms with Crippen LogP contribution in [0.15, 0.2) is 30.6 Å². The van der Waals surface area contributed by atoms with Gasteiger partial charge >= 0.3 is 0 Å². The Morgan fingerprint density at radius 2 is 1.90 bits per heavy atom. The van der Waals surface area contributed by atoms with Crippen LogP contribution in [0.1, 0.15) is 31.6 Å². The van der Waals surface area contributed by atoms with Gasteiger partial charge in [-0.15, -0.1) is 0 Å². The van der Waals surface area contributed by atoms with E-state index in [1.807, 2.05) is 13.8 Å². The molecule has 0 aliphatic heterocycles. The third kappa shape index (κ3) is 3.97. The number of aliphatic hydroxyl groups excluding tert-OH is 1. The molecule has 5 nitrogen and oxygen atoms in total. The lowest BCUT2D eigenvalue weighted by Gasteiger charge is -2.11. The van der Waals surface area contributed by atoms with Gasteiger partial charge in [0.05, 0.1) is 11.9 Å². The van der Waals surface area contributed by atoms with Crippen molar-refractivity contribution >= 4 is 34.8 Å². The molecule has 2 aromatic rings. The number of aliphatic hydroxyl groups is 1. The molecular weight excluding hydrogens is 313 g/mol. The van der Waals surface area contributed by atoms with Gasteiger partial charge in [-0.1, -0.05) is 23.2 Å². The number of halogens is 2. The standard InChI is InChI=1S/C14H15Cl2N3O2/c1-8(2)19-7-12(6-17-19)18-14(21)13(20)9-3-10(15)5-11(16)4-9/h3-8,13,20H,1-2H3,(H,18,21). The van der Waals surface area contributed by atoms with E-state index in [4.69, 9.17) is 23.2 Å². The predicted octanol–water partition coefficient (Wildman–Crippen LogP) is 3.44. The van der Waals surface area contributed by atoms with E-state index in [0.717, 1.165) is 0 Å². The topological polar surface area (TPSA) is 67.2 Å². The van der Waals surface area contributed by atoms with Crippen LogP contribution in [0.25, 0.3) is 0 Å². The lowest BCUT2D eigenvalue weighted by molar-refractivity contribution is -0.124.